The molecule has 2 nitrogen and oxygen atoms in total. The van der Waals surface area contributed by atoms with Gasteiger partial charge in [0, 0.05) is 6.54 Å². The topological polar surface area (TPSA) is 17.8 Å². The number of hydrogen-bond donors (Lipinski definition) is 0. The molecule has 0 atom stereocenters. The van der Waals surface area contributed by atoms with E-state index in [0.29, 0.717) is 0 Å². The molecule has 0 amide bonds. The van der Waals surface area contributed by atoms with Crippen LogP contribution in [0.2, 0.25) is 0 Å². The van der Waals surface area contributed by atoms with Crippen molar-refractivity contribution < 1.29 is 21.1 Å². The van der Waals surface area contributed by atoms with Gasteiger partial charge >= 0.3 is 21.1 Å². The normalized spacial score (nSPS) is 7.22. The van der Waals surface area contributed by atoms with Crippen molar-refractivity contribution in [3.05, 3.63) is 25.9 Å². The van der Waals surface area contributed by atoms with Crippen LogP contribution < -0.4 is 0 Å². The summed E-state index contributed by atoms with van der Waals surface area (Å²) in [6, 6.07) is 1.80. The average Bonchev–Trinajstić information content (AvgIpc) is 2.14. The van der Waals surface area contributed by atoms with Crippen LogP contribution in [-0.4, -0.2) is 9.78 Å². The Morgan fingerprint density at radius 2 is 2.33 bits per heavy atom. The summed E-state index contributed by atoms with van der Waals surface area (Å²) in [5.41, 5.74) is 0. The molecule has 9 heavy (non-hydrogen) atoms. The third kappa shape index (κ3) is 3.47. The molecule has 50 valence electrons. The minimum absolute atomic E-state index is 0. The fourth-order valence-electron chi connectivity index (χ4n) is 0.439. The maximum Gasteiger partial charge on any atom is 2.00 e. The molecule has 0 saturated heterocycles. The zero-order valence-electron chi connectivity index (χ0n) is 5.66. The van der Waals surface area contributed by atoms with Gasteiger partial charge in [-0.1, -0.05) is 0 Å². The summed E-state index contributed by atoms with van der Waals surface area (Å²) in [4.78, 5) is 0. The molecule has 1 aromatic rings. The van der Waals surface area contributed by atoms with E-state index in [1.807, 2.05) is 6.92 Å². The number of hydrogen-bond acceptors (Lipinski definition) is 1. The van der Waals surface area contributed by atoms with Crippen LogP contribution in [0.15, 0.2) is 12.3 Å². The second-order valence-electron chi connectivity index (χ2n) is 1.28. The van der Waals surface area contributed by atoms with Crippen molar-refractivity contribution >= 4 is 0 Å². The molecule has 1 heterocycles. The Bertz CT molecular complexity index is 126. The van der Waals surface area contributed by atoms with E-state index < -0.39 is 0 Å². The van der Waals surface area contributed by atoms with Crippen LogP contribution >= 0.6 is 0 Å². The molecule has 0 radical (unpaired) electrons. The molecular formula is C6H10N2W. The van der Waals surface area contributed by atoms with Crippen molar-refractivity contribution in [2.24, 2.45) is 0 Å². The van der Waals surface area contributed by atoms with Crippen molar-refractivity contribution in [1.29, 1.82) is 0 Å². The molecule has 0 fully saturated rings. The molecule has 1 aromatic heterocycles. The molecule has 0 unspecified atom stereocenters. The Hall–Kier alpha value is -0.102. The van der Waals surface area contributed by atoms with Gasteiger partial charge in [-0.15, -0.1) is 12.4 Å². The summed E-state index contributed by atoms with van der Waals surface area (Å²) in [5.74, 6) is 0. The summed E-state index contributed by atoms with van der Waals surface area (Å²) in [6.07, 6.45) is 4.62. The molecule has 0 spiro atoms. The van der Waals surface area contributed by atoms with E-state index in [1.165, 1.54) is 0 Å². The third-order valence-corrected chi connectivity index (χ3v) is 0.804. The molecule has 0 aliphatic heterocycles. The Labute approximate surface area is 70.5 Å². The average molecular weight is 294 g/mol. The minimum atomic E-state index is 0. The Morgan fingerprint density at radius 3 is 2.56 bits per heavy atom. The summed E-state index contributed by atoms with van der Waals surface area (Å²) in [5, 5.41) is 3.90. The largest absolute Gasteiger partial charge is 2.00 e. The van der Waals surface area contributed by atoms with E-state index in [4.69, 9.17) is 0 Å². The molecule has 0 saturated carbocycles. The maximum absolute atomic E-state index is 3.90. The van der Waals surface area contributed by atoms with Gasteiger partial charge in [-0.2, -0.15) is 6.07 Å². The van der Waals surface area contributed by atoms with Crippen LogP contribution in [0.5, 0.6) is 0 Å². The standard InChI is InChI=1S/C5H7N2.CH3.W/c1-2-7-5-3-4-6-7;;/h3-4H,2H2,1H3;1H3;/q2*-1;+2. The first-order valence-electron chi connectivity index (χ1n) is 2.33. The van der Waals surface area contributed by atoms with Crippen LogP contribution in [-0.2, 0) is 27.6 Å². The Balaban J connectivity index is 0. The van der Waals surface area contributed by atoms with E-state index in [0.717, 1.165) is 6.54 Å². The second-order valence-corrected chi connectivity index (χ2v) is 1.28. The van der Waals surface area contributed by atoms with E-state index in [9.17, 15) is 0 Å². The van der Waals surface area contributed by atoms with Gasteiger partial charge in [-0.3, -0.25) is 5.10 Å². The Morgan fingerprint density at radius 1 is 1.67 bits per heavy atom. The molecule has 0 aromatic carbocycles. The zero-order chi connectivity index (χ0) is 5.11. The summed E-state index contributed by atoms with van der Waals surface area (Å²) in [6.45, 7) is 2.94. The monoisotopic (exact) mass is 294 g/mol. The van der Waals surface area contributed by atoms with Crippen LogP contribution in [0.25, 0.3) is 0 Å². The van der Waals surface area contributed by atoms with E-state index in [2.05, 4.69) is 11.3 Å². The van der Waals surface area contributed by atoms with Crippen LogP contribution in [0, 0.1) is 13.6 Å². The SMILES string of the molecule is CCn1[c-]ccn1.[CH3-].[W+2]. The first-order valence-corrected chi connectivity index (χ1v) is 2.33. The molecule has 1 rings (SSSR count). The van der Waals surface area contributed by atoms with Crippen molar-refractivity contribution in [2.45, 2.75) is 13.5 Å². The van der Waals surface area contributed by atoms with E-state index >= 15 is 0 Å². The third-order valence-electron chi connectivity index (χ3n) is 0.804. The number of aryl methyl sites for hydroxylation is 1. The van der Waals surface area contributed by atoms with Gasteiger partial charge in [-0.25, -0.2) is 0 Å². The molecule has 0 aliphatic carbocycles. The zero-order valence-corrected chi connectivity index (χ0v) is 8.60. The van der Waals surface area contributed by atoms with Gasteiger partial charge in [0.2, 0.25) is 0 Å². The molecular weight excluding hydrogens is 284 g/mol. The van der Waals surface area contributed by atoms with Crippen molar-refractivity contribution in [2.75, 3.05) is 0 Å². The summed E-state index contributed by atoms with van der Waals surface area (Å²) < 4.78 is 1.75. The fourth-order valence-corrected chi connectivity index (χ4v) is 0.439. The first-order chi connectivity index (χ1) is 3.43. The van der Waals surface area contributed by atoms with E-state index in [1.54, 1.807) is 16.9 Å². The fraction of sp³-hybridized carbons (Fsp3) is 0.333. The van der Waals surface area contributed by atoms with Gasteiger partial charge in [0.05, 0.1) is 0 Å². The number of nitrogens with zero attached hydrogens (tertiary/aromatic N) is 2. The number of aromatic nitrogens is 2. The van der Waals surface area contributed by atoms with Crippen LogP contribution in [0.1, 0.15) is 6.92 Å². The van der Waals surface area contributed by atoms with Crippen molar-refractivity contribution in [1.82, 2.24) is 9.78 Å². The van der Waals surface area contributed by atoms with E-state index in [-0.39, 0.29) is 28.5 Å². The van der Waals surface area contributed by atoms with Crippen LogP contribution in [0.4, 0.5) is 0 Å². The van der Waals surface area contributed by atoms with Crippen molar-refractivity contribution in [3.8, 4) is 0 Å². The van der Waals surface area contributed by atoms with Gasteiger partial charge in [0.25, 0.3) is 0 Å². The smallest absolute Gasteiger partial charge is 0.377 e. The van der Waals surface area contributed by atoms with Gasteiger partial charge in [-0.05, 0) is 6.92 Å². The quantitative estimate of drug-likeness (QED) is 0.711. The molecule has 0 N–H and O–H groups in total. The van der Waals surface area contributed by atoms with Gasteiger partial charge in [0.15, 0.2) is 0 Å². The minimum Gasteiger partial charge on any atom is -0.377 e. The van der Waals surface area contributed by atoms with Crippen LogP contribution in [0.3, 0.4) is 0 Å². The predicted octanol–water partition coefficient (Wildman–Crippen LogP) is 1.15. The Kier molecular flexibility index (Phi) is 7.81. The molecule has 0 bridgehead atoms. The first kappa shape index (κ1) is 11.7. The summed E-state index contributed by atoms with van der Waals surface area (Å²) in [7, 11) is 0. The second kappa shape index (κ2) is 6.02. The number of rotatable bonds is 1. The predicted molar refractivity (Wildman–Crippen MR) is 33.2 cm³/mol. The molecule has 3 heteroatoms. The molecule has 0 aliphatic rings. The maximum atomic E-state index is 3.90. The van der Waals surface area contributed by atoms with Gasteiger partial charge < -0.3 is 12.1 Å². The van der Waals surface area contributed by atoms with Gasteiger partial charge in [0.1, 0.15) is 0 Å². The summed E-state index contributed by atoms with van der Waals surface area (Å²) >= 11 is 0. The van der Waals surface area contributed by atoms with Crippen molar-refractivity contribution in [3.63, 3.8) is 0 Å².